The Hall–Kier alpha value is -2.13. The van der Waals surface area contributed by atoms with Gasteiger partial charge in [0.2, 0.25) is 0 Å². The number of fused-ring (bicyclic) bond motifs is 3. The third-order valence-electron chi connectivity index (χ3n) is 6.34. The molecular weight excluding hydrogens is 415 g/mol. The molecule has 5 rings (SSSR count). The molecule has 0 radical (unpaired) electrons. The predicted octanol–water partition coefficient (Wildman–Crippen LogP) is 2.58. The van der Waals surface area contributed by atoms with E-state index in [4.69, 9.17) is 4.74 Å². The lowest BCUT2D eigenvalue weighted by Gasteiger charge is -2.26. The first-order valence-corrected chi connectivity index (χ1v) is 11.8. The quantitative estimate of drug-likeness (QED) is 0.636. The van der Waals surface area contributed by atoms with E-state index in [2.05, 4.69) is 15.2 Å². The van der Waals surface area contributed by atoms with E-state index in [1.807, 2.05) is 12.1 Å². The molecule has 3 heterocycles. The van der Waals surface area contributed by atoms with Crippen molar-refractivity contribution >= 4 is 21.6 Å². The molecular formula is C23H27FN4O2S. The van der Waals surface area contributed by atoms with E-state index in [-0.39, 0.29) is 17.4 Å². The monoisotopic (exact) mass is 442 g/mol. The van der Waals surface area contributed by atoms with Gasteiger partial charge in [-0.2, -0.15) is 0 Å². The number of morpholine rings is 1. The number of hydrogen-bond donors (Lipinski definition) is 1. The van der Waals surface area contributed by atoms with Crippen LogP contribution in [0.2, 0.25) is 0 Å². The van der Waals surface area contributed by atoms with Crippen LogP contribution in [0.1, 0.15) is 22.4 Å². The van der Waals surface area contributed by atoms with Gasteiger partial charge in [-0.3, -0.25) is 14.3 Å². The fourth-order valence-corrected chi connectivity index (χ4v) is 5.76. The van der Waals surface area contributed by atoms with Gasteiger partial charge in [-0.1, -0.05) is 18.2 Å². The second kappa shape index (κ2) is 9.16. The molecule has 31 heavy (non-hydrogen) atoms. The minimum atomic E-state index is -0.171. The van der Waals surface area contributed by atoms with E-state index in [9.17, 15) is 9.18 Å². The van der Waals surface area contributed by atoms with Crippen LogP contribution in [-0.2, 0) is 30.7 Å². The average Bonchev–Trinajstić information content (AvgIpc) is 3.17. The third kappa shape index (κ3) is 4.43. The third-order valence-corrected chi connectivity index (χ3v) is 7.50. The molecule has 1 aromatic carbocycles. The van der Waals surface area contributed by atoms with E-state index in [0.717, 1.165) is 62.3 Å². The topological polar surface area (TPSA) is 59.4 Å². The summed E-state index contributed by atoms with van der Waals surface area (Å²) in [5, 5.41) is 4.30. The number of ether oxygens (including phenoxy) is 1. The summed E-state index contributed by atoms with van der Waals surface area (Å²) in [5.74, 6) is -0.171. The van der Waals surface area contributed by atoms with Crippen molar-refractivity contribution in [2.75, 3.05) is 32.8 Å². The number of rotatable bonds is 6. The van der Waals surface area contributed by atoms with Gasteiger partial charge in [0.15, 0.2) is 0 Å². The van der Waals surface area contributed by atoms with Crippen LogP contribution in [0.15, 0.2) is 35.4 Å². The Labute approximate surface area is 184 Å². The minimum Gasteiger partial charge on any atom is -0.379 e. The van der Waals surface area contributed by atoms with Gasteiger partial charge in [0.1, 0.15) is 10.6 Å². The molecule has 1 fully saturated rings. The maximum absolute atomic E-state index is 13.9. The second-order valence-electron chi connectivity index (χ2n) is 8.29. The van der Waals surface area contributed by atoms with Crippen LogP contribution in [0, 0.1) is 5.82 Å². The van der Waals surface area contributed by atoms with E-state index in [0.29, 0.717) is 18.7 Å². The fourth-order valence-electron chi connectivity index (χ4n) is 4.50. The maximum Gasteiger partial charge on any atom is 0.262 e. The molecule has 0 unspecified atom stereocenters. The second-order valence-corrected chi connectivity index (χ2v) is 9.38. The lowest BCUT2D eigenvalue weighted by molar-refractivity contribution is 0.0362. The van der Waals surface area contributed by atoms with E-state index >= 15 is 0 Å². The summed E-state index contributed by atoms with van der Waals surface area (Å²) in [5.41, 5.74) is 1.94. The first-order chi connectivity index (χ1) is 15.2. The largest absolute Gasteiger partial charge is 0.379 e. The van der Waals surface area contributed by atoms with Crippen molar-refractivity contribution in [3.05, 3.63) is 62.8 Å². The zero-order chi connectivity index (χ0) is 21.2. The Morgan fingerprint density at radius 1 is 1.23 bits per heavy atom. The Bertz CT molecular complexity index is 1120. The Balaban J connectivity index is 1.29. The van der Waals surface area contributed by atoms with Crippen LogP contribution in [0.25, 0.3) is 10.2 Å². The van der Waals surface area contributed by atoms with Crippen LogP contribution in [0.3, 0.4) is 0 Å². The van der Waals surface area contributed by atoms with Crippen molar-refractivity contribution in [1.29, 1.82) is 0 Å². The molecule has 1 saturated heterocycles. The summed E-state index contributed by atoms with van der Waals surface area (Å²) in [6.07, 6.45) is 4.35. The number of aromatic nitrogens is 2. The number of thiophene rings is 1. The van der Waals surface area contributed by atoms with Crippen LogP contribution in [0.5, 0.6) is 0 Å². The number of nitrogens with zero attached hydrogens (tertiary/aromatic N) is 3. The first kappa shape index (κ1) is 20.8. The molecule has 6 nitrogen and oxygen atoms in total. The molecule has 8 heteroatoms. The van der Waals surface area contributed by atoms with Crippen LogP contribution in [-0.4, -0.2) is 53.3 Å². The van der Waals surface area contributed by atoms with Crippen LogP contribution in [0.4, 0.5) is 4.39 Å². The molecule has 3 aromatic rings. The van der Waals surface area contributed by atoms with Gasteiger partial charge in [0.25, 0.3) is 5.56 Å². The summed E-state index contributed by atoms with van der Waals surface area (Å²) < 4.78 is 21.0. The van der Waals surface area contributed by atoms with Gasteiger partial charge in [0, 0.05) is 49.2 Å². The van der Waals surface area contributed by atoms with Gasteiger partial charge in [-0.15, -0.1) is 11.3 Å². The summed E-state index contributed by atoms with van der Waals surface area (Å²) in [7, 11) is 0. The highest BCUT2D eigenvalue weighted by Gasteiger charge is 2.25. The van der Waals surface area contributed by atoms with Gasteiger partial charge in [-0.05, 0) is 30.9 Å². The molecule has 0 saturated carbocycles. The van der Waals surface area contributed by atoms with Crippen LogP contribution >= 0.6 is 11.3 Å². The molecule has 1 aliphatic carbocycles. The molecule has 2 aromatic heterocycles. The first-order valence-electron chi connectivity index (χ1n) is 11.0. The molecule has 1 atom stereocenters. The summed E-state index contributed by atoms with van der Waals surface area (Å²) in [6, 6.07) is 7.17. The highest BCUT2D eigenvalue weighted by Crippen LogP contribution is 2.33. The number of hydrogen-bond acceptors (Lipinski definition) is 6. The highest BCUT2D eigenvalue weighted by atomic mass is 32.1. The van der Waals surface area contributed by atoms with Crippen molar-refractivity contribution in [2.45, 2.75) is 38.4 Å². The molecule has 2 aliphatic rings. The highest BCUT2D eigenvalue weighted by molar-refractivity contribution is 7.18. The number of aryl methyl sites for hydroxylation is 1. The van der Waals surface area contributed by atoms with Gasteiger partial charge >= 0.3 is 0 Å². The van der Waals surface area contributed by atoms with E-state index in [1.54, 1.807) is 28.3 Å². The Morgan fingerprint density at radius 2 is 2.06 bits per heavy atom. The average molecular weight is 443 g/mol. The number of benzene rings is 1. The smallest absolute Gasteiger partial charge is 0.262 e. The van der Waals surface area contributed by atoms with Crippen molar-refractivity contribution in [3.63, 3.8) is 0 Å². The van der Waals surface area contributed by atoms with Crippen LogP contribution < -0.4 is 10.9 Å². The summed E-state index contributed by atoms with van der Waals surface area (Å²) >= 11 is 1.63. The number of nitrogens with one attached hydrogen (secondary N) is 1. The molecule has 0 bridgehead atoms. The van der Waals surface area contributed by atoms with Gasteiger partial charge in [-0.25, -0.2) is 9.37 Å². The molecule has 1 N–H and O–H groups in total. The Kier molecular flexibility index (Phi) is 6.13. The zero-order valence-electron chi connectivity index (χ0n) is 17.5. The predicted molar refractivity (Wildman–Crippen MR) is 120 cm³/mol. The van der Waals surface area contributed by atoms with Crippen molar-refractivity contribution in [3.8, 4) is 0 Å². The number of halogens is 1. The SMILES string of the molecule is O=c1c2c3c(sc2ncn1CCN1CCOCC1)C[C@H](NCc1ccccc1F)CC3. The van der Waals surface area contributed by atoms with E-state index in [1.165, 1.54) is 16.5 Å². The molecule has 164 valence electrons. The fraction of sp³-hybridized carbons (Fsp3) is 0.478. The van der Waals surface area contributed by atoms with Gasteiger partial charge in [0.05, 0.1) is 24.9 Å². The molecule has 0 amide bonds. The van der Waals surface area contributed by atoms with E-state index < -0.39 is 0 Å². The lowest BCUT2D eigenvalue weighted by Crippen LogP contribution is -2.39. The Morgan fingerprint density at radius 3 is 2.90 bits per heavy atom. The van der Waals surface area contributed by atoms with Gasteiger partial charge < -0.3 is 10.1 Å². The van der Waals surface area contributed by atoms with Crippen molar-refractivity contribution < 1.29 is 9.13 Å². The lowest BCUT2D eigenvalue weighted by atomic mass is 9.93. The normalized spacial score (nSPS) is 19.6. The summed E-state index contributed by atoms with van der Waals surface area (Å²) in [4.78, 5) is 22.2. The standard InChI is InChI=1S/C23H27FN4O2S/c24-19-4-2-1-3-16(19)14-25-17-5-6-18-20(13-17)31-22-21(18)23(29)28(15-26-22)8-7-27-9-11-30-12-10-27/h1-4,15,17,25H,5-14H2/t17-/m1/s1. The van der Waals surface area contributed by atoms with Crippen molar-refractivity contribution in [2.24, 2.45) is 0 Å². The minimum absolute atomic E-state index is 0.0773. The van der Waals surface area contributed by atoms with Crippen molar-refractivity contribution in [1.82, 2.24) is 19.8 Å². The summed E-state index contributed by atoms with van der Waals surface area (Å²) in [6.45, 7) is 5.36. The molecule has 0 spiro atoms. The molecule has 1 aliphatic heterocycles. The zero-order valence-corrected chi connectivity index (χ0v) is 18.3. The maximum atomic E-state index is 13.9.